The van der Waals surface area contributed by atoms with Gasteiger partial charge < -0.3 is 0 Å². The van der Waals surface area contributed by atoms with Gasteiger partial charge in [0.25, 0.3) is 10.0 Å². The average molecular weight is 315 g/mol. The molecule has 0 aliphatic heterocycles. The second-order valence-electron chi connectivity index (χ2n) is 3.94. The maximum atomic E-state index is 12.1. The van der Waals surface area contributed by atoms with E-state index >= 15 is 0 Å². The van der Waals surface area contributed by atoms with Crippen LogP contribution >= 0.6 is 0 Å². The molecule has 9 heteroatoms. The zero-order valence-electron chi connectivity index (χ0n) is 10.6. The summed E-state index contributed by atoms with van der Waals surface area (Å²) < 4.78 is 50.3. The van der Waals surface area contributed by atoms with Gasteiger partial charge in [0.1, 0.15) is 4.90 Å². The molecular formula is C11H13N3O4S2. The third-order valence-corrected chi connectivity index (χ3v) is 5.75. The standard InChI is InChI=1S/C11H13N3O4S2/c1-2-19(15,16)11-6-4-3-5-10(11)14-20(17,18)9-7-12-13-8-9/h3-8,14H,2H2,1H3,(H,12,13). The van der Waals surface area contributed by atoms with Crippen LogP contribution in [0.25, 0.3) is 0 Å². The third-order valence-electron chi connectivity index (χ3n) is 2.63. The van der Waals surface area contributed by atoms with E-state index in [0.29, 0.717) is 0 Å². The predicted octanol–water partition coefficient (Wildman–Crippen LogP) is 1.00. The Morgan fingerprint density at radius 2 is 1.90 bits per heavy atom. The van der Waals surface area contributed by atoms with Crippen LogP contribution in [0.1, 0.15) is 6.92 Å². The molecule has 1 aromatic carbocycles. The van der Waals surface area contributed by atoms with Gasteiger partial charge in [-0.25, -0.2) is 16.8 Å². The molecule has 2 N–H and O–H groups in total. The van der Waals surface area contributed by atoms with Crippen LogP contribution < -0.4 is 4.72 Å². The summed E-state index contributed by atoms with van der Waals surface area (Å²) in [5.74, 6) is -0.114. The molecule has 2 rings (SSSR count). The van der Waals surface area contributed by atoms with E-state index < -0.39 is 19.9 Å². The van der Waals surface area contributed by atoms with Gasteiger partial charge in [0.2, 0.25) is 0 Å². The van der Waals surface area contributed by atoms with Gasteiger partial charge in [-0.2, -0.15) is 5.10 Å². The molecule has 7 nitrogen and oxygen atoms in total. The minimum absolute atomic E-state index is 0.0237. The Bertz CT molecular complexity index is 796. The molecule has 0 amide bonds. The molecule has 1 aromatic heterocycles. The molecule has 0 saturated heterocycles. The molecule has 0 bridgehead atoms. The highest BCUT2D eigenvalue weighted by Gasteiger charge is 2.21. The minimum atomic E-state index is -3.87. The second kappa shape index (κ2) is 5.25. The van der Waals surface area contributed by atoms with Crippen LogP contribution in [0.2, 0.25) is 0 Å². The average Bonchev–Trinajstić information content (AvgIpc) is 2.93. The molecular weight excluding hydrogens is 302 g/mol. The Kier molecular flexibility index (Phi) is 3.82. The van der Waals surface area contributed by atoms with Gasteiger partial charge in [-0.1, -0.05) is 19.1 Å². The van der Waals surface area contributed by atoms with E-state index in [4.69, 9.17) is 0 Å². The van der Waals surface area contributed by atoms with Gasteiger partial charge >= 0.3 is 0 Å². The van der Waals surface area contributed by atoms with Crippen LogP contribution in [0.3, 0.4) is 0 Å². The number of hydrogen-bond donors (Lipinski definition) is 2. The van der Waals surface area contributed by atoms with Crippen molar-refractivity contribution in [3.05, 3.63) is 36.7 Å². The monoisotopic (exact) mass is 315 g/mol. The van der Waals surface area contributed by atoms with Crippen molar-refractivity contribution in [2.75, 3.05) is 10.5 Å². The van der Waals surface area contributed by atoms with E-state index in [9.17, 15) is 16.8 Å². The van der Waals surface area contributed by atoms with Crippen LogP contribution in [-0.4, -0.2) is 32.8 Å². The number of para-hydroxylation sites is 1. The van der Waals surface area contributed by atoms with Crippen molar-refractivity contribution >= 4 is 25.5 Å². The number of H-pyrrole nitrogens is 1. The quantitative estimate of drug-likeness (QED) is 0.855. The van der Waals surface area contributed by atoms with Gasteiger partial charge in [0.05, 0.1) is 22.5 Å². The van der Waals surface area contributed by atoms with Gasteiger partial charge in [0, 0.05) is 6.20 Å². The SMILES string of the molecule is CCS(=O)(=O)c1ccccc1NS(=O)(=O)c1cn[nH]c1. The third kappa shape index (κ3) is 2.83. The Labute approximate surface area is 117 Å². The zero-order valence-corrected chi connectivity index (χ0v) is 12.2. The van der Waals surface area contributed by atoms with Gasteiger partial charge in [-0.15, -0.1) is 0 Å². The lowest BCUT2D eigenvalue weighted by Crippen LogP contribution is -2.15. The largest absolute Gasteiger partial charge is 0.284 e. The molecule has 0 aliphatic carbocycles. The maximum Gasteiger partial charge on any atom is 0.265 e. The molecule has 108 valence electrons. The van der Waals surface area contributed by atoms with E-state index in [-0.39, 0.29) is 21.2 Å². The fraction of sp³-hybridized carbons (Fsp3) is 0.182. The first-order valence-electron chi connectivity index (χ1n) is 5.70. The lowest BCUT2D eigenvalue weighted by atomic mass is 10.3. The number of sulfone groups is 1. The Morgan fingerprint density at radius 3 is 2.50 bits per heavy atom. The molecule has 0 aliphatic rings. The number of aromatic amines is 1. The van der Waals surface area contributed by atoms with Crippen LogP contribution in [-0.2, 0) is 19.9 Å². The van der Waals surface area contributed by atoms with Crippen LogP contribution in [0, 0.1) is 0 Å². The number of benzene rings is 1. The molecule has 0 unspecified atom stereocenters. The summed E-state index contributed by atoms with van der Waals surface area (Å²) >= 11 is 0. The summed E-state index contributed by atoms with van der Waals surface area (Å²) in [6, 6.07) is 5.87. The van der Waals surface area contributed by atoms with E-state index in [1.54, 1.807) is 6.07 Å². The van der Waals surface area contributed by atoms with E-state index in [1.807, 2.05) is 0 Å². The Morgan fingerprint density at radius 1 is 1.20 bits per heavy atom. The maximum absolute atomic E-state index is 12.1. The van der Waals surface area contributed by atoms with Crippen molar-refractivity contribution < 1.29 is 16.8 Å². The minimum Gasteiger partial charge on any atom is -0.284 e. The fourth-order valence-corrected chi connectivity index (χ4v) is 3.67. The van der Waals surface area contributed by atoms with Gasteiger partial charge in [0.15, 0.2) is 9.84 Å². The number of anilines is 1. The van der Waals surface area contributed by atoms with E-state index in [2.05, 4.69) is 14.9 Å². The topological polar surface area (TPSA) is 109 Å². The highest BCUT2D eigenvalue weighted by molar-refractivity contribution is 7.93. The lowest BCUT2D eigenvalue weighted by molar-refractivity contribution is 0.597. The van der Waals surface area contributed by atoms with E-state index in [1.165, 1.54) is 31.3 Å². The molecule has 1 heterocycles. The van der Waals surface area contributed by atoms with Crippen molar-refractivity contribution in [1.29, 1.82) is 0 Å². The Balaban J connectivity index is 2.46. The number of hydrogen-bond acceptors (Lipinski definition) is 5. The second-order valence-corrected chi connectivity index (χ2v) is 7.87. The summed E-state index contributed by atoms with van der Waals surface area (Å²) in [6.45, 7) is 1.50. The lowest BCUT2D eigenvalue weighted by Gasteiger charge is -2.11. The predicted molar refractivity (Wildman–Crippen MR) is 73.6 cm³/mol. The van der Waals surface area contributed by atoms with Crippen LogP contribution in [0.4, 0.5) is 5.69 Å². The molecule has 0 fully saturated rings. The van der Waals surface area contributed by atoms with Gasteiger partial charge in [-0.05, 0) is 12.1 Å². The fourth-order valence-electron chi connectivity index (χ4n) is 1.57. The Hall–Kier alpha value is -1.87. The van der Waals surface area contributed by atoms with Crippen molar-refractivity contribution in [2.24, 2.45) is 0 Å². The molecule has 2 aromatic rings. The van der Waals surface area contributed by atoms with Crippen LogP contribution in [0.15, 0.2) is 46.5 Å². The number of nitrogens with one attached hydrogen (secondary N) is 2. The molecule has 0 spiro atoms. The summed E-state index contributed by atoms with van der Waals surface area (Å²) in [4.78, 5) is -0.115. The first-order chi connectivity index (χ1) is 9.37. The first-order valence-corrected chi connectivity index (χ1v) is 8.84. The number of sulfonamides is 1. The summed E-state index contributed by atoms with van der Waals surface area (Å²) in [6.07, 6.45) is 2.35. The normalized spacial score (nSPS) is 12.2. The smallest absolute Gasteiger partial charge is 0.265 e. The van der Waals surface area contributed by atoms with E-state index in [0.717, 1.165) is 6.20 Å². The van der Waals surface area contributed by atoms with Crippen molar-refractivity contribution in [3.8, 4) is 0 Å². The van der Waals surface area contributed by atoms with Gasteiger partial charge in [-0.3, -0.25) is 9.82 Å². The summed E-state index contributed by atoms with van der Waals surface area (Å²) in [7, 11) is -7.39. The molecule has 0 radical (unpaired) electrons. The highest BCUT2D eigenvalue weighted by atomic mass is 32.2. The molecule has 0 atom stereocenters. The molecule has 20 heavy (non-hydrogen) atoms. The number of rotatable bonds is 5. The highest BCUT2D eigenvalue weighted by Crippen LogP contribution is 2.24. The van der Waals surface area contributed by atoms with Crippen LogP contribution in [0.5, 0.6) is 0 Å². The summed E-state index contributed by atoms with van der Waals surface area (Å²) in [5, 5.41) is 5.95. The number of aromatic nitrogens is 2. The van der Waals surface area contributed by atoms with Crippen molar-refractivity contribution in [3.63, 3.8) is 0 Å². The van der Waals surface area contributed by atoms with Crippen molar-refractivity contribution in [1.82, 2.24) is 10.2 Å². The van der Waals surface area contributed by atoms with Crippen molar-refractivity contribution in [2.45, 2.75) is 16.7 Å². The summed E-state index contributed by atoms with van der Waals surface area (Å²) in [5.41, 5.74) is 0.0237. The number of nitrogens with zero attached hydrogens (tertiary/aromatic N) is 1. The molecule has 0 saturated carbocycles. The zero-order chi connectivity index (χ0) is 14.8. The first kappa shape index (κ1) is 14.5.